The van der Waals surface area contributed by atoms with Gasteiger partial charge in [0, 0.05) is 12.8 Å². The molecule has 0 aliphatic carbocycles. The molecular formula is C15H19NO6. The average molecular weight is 309 g/mol. The summed E-state index contributed by atoms with van der Waals surface area (Å²) in [6.45, 7) is 3.58. The van der Waals surface area contributed by atoms with Crippen molar-refractivity contribution < 1.29 is 28.7 Å². The van der Waals surface area contributed by atoms with Gasteiger partial charge < -0.3 is 9.47 Å². The summed E-state index contributed by atoms with van der Waals surface area (Å²) >= 11 is 0. The Hall–Kier alpha value is -2.57. The lowest BCUT2D eigenvalue weighted by Crippen LogP contribution is -2.32. The van der Waals surface area contributed by atoms with Crippen molar-refractivity contribution in [2.75, 3.05) is 13.7 Å². The van der Waals surface area contributed by atoms with E-state index in [-0.39, 0.29) is 19.4 Å². The van der Waals surface area contributed by atoms with E-state index in [2.05, 4.69) is 4.84 Å². The van der Waals surface area contributed by atoms with Gasteiger partial charge in [0.15, 0.2) is 0 Å². The minimum absolute atomic E-state index is 0.0294. The van der Waals surface area contributed by atoms with Crippen molar-refractivity contribution in [1.29, 1.82) is 0 Å². The van der Waals surface area contributed by atoms with Crippen molar-refractivity contribution in [1.82, 2.24) is 5.06 Å². The van der Waals surface area contributed by atoms with Crippen molar-refractivity contribution >= 4 is 18.0 Å². The SMILES string of the molecule is C\C=C/C(=C\C=C(/C)COC(=O)ON1C(=O)CCC1=O)OC. The Morgan fingerprint density at radius 2 is 1.86 bits per heavy atom. The fraction of sp³-hybridized carbons (Fsp3) is 0.400. The zero-order valence-electron chi connectivity index (χ0n) is 12.8. The monoisotopic (exact) mass is 309 g/mol. The molecule has 1 saturated heterocycles. The highest BCUT2D eigenvalue weighted by molar-refractivity contribution is 6.01. The first-order valence-corrected chi connectivity index (χ1v) is 6.72. The Morgan fingerprint density at radius 1 is 1.23 bits per heavy atom. The number of methoxy groups -OCH3 is 1. The molecule has 7 nitrogen and oxygen atoms in total. The second kappa shape index (κ2) is 8.66. The summed E-state index contributed by atoms with van der Waals surface area (Å²) in [5, 5.41) is 0.441. The van der Waals surface area contributed by atoms with E-state index < -0.39 is 18.0 Å². The van der Waals surface area contributed by atoms with E-state index in [0.29, 0.717) is 10.8 Å². The first-order valence-electron chi connectivity index (χ1n) is 6.72. The minimum atomic E-state index is -1.10. The molecule has 0 saturated carbocycles. The minimum Gasteiger partial charge on any atom is -0.497 e. The third-order valence-electron chi connectivity index (χ3n) is 2.69. The lowest BCUT2D eigenvalue weighted by atomic mass is 10.2. The van der Waals surface area contributed by atoms with E-state index in [9.17, 15) is 14.4 Å². The number of amides is 2. The zero-order chi connectivity index (χ0) is 16.5. The van der Waals surface area contributed by atoms with Gasteiger partial charge in [-0.2, -0.15) is 0 Å². The first kappa shape index (κ1) is 17.5. The zero-order valence-corrected chi connectivity index (χ0v) is 12.8. The number of hydrogen-bond acceptors (Lipinski definition) is 6. The molecule has 22 heavy (non-hydrogen) atoms. The van der Waals surface area contributed by atoms with Gasteiger partial charge in [0.25, 0.3) is 11.8 Å². The molecule has 0 unspecified atom stereocenters. The molecular weight excluding hydrogens is 290 g/mol. The summed E-state index contributed by atoms with van der Waals surface area (Å²) in [4.78, 5) is 38.5. The number of rotatable bonds is 6. The van der Waals surface area contributed by atoms with Gasteiger partial charge in [0.05, 0.1) is 7.11 Å². The lowest BCUT2D eigenvalue weighted by molar-refractivity contribution is -0.176. The number of carbonyl (C=O) groups is 3. The van der Waals surface area contributed by atoms with Crippen LogP contribution in [0.2, 0.25) is 0 Å². The third-order valence-corrected chi connectivity index (χ3v) is 2.69. The standard InChI is InChI=1S/C15H19NO6/c1-4-5-12(20-3)7-6-11(2)10-21-15(19)22-16-13(17)8-9-14(16)18/h4-7H,8-10H2,1-3H3/b5-4-,11-6+,12-7+. The van der Waals surface area contributed by atoms with E-state index >= 15 is 0 Å². The van der Waals surface area contributed by atoms with Crippen LogP contribution in [0.5, 0.6) is 0 Å². The van der Waals surface area contributed by atoms with Gasteiger partial charge >= 0.3 is 6.16 Å². The molecule has 0 atom stereocenters. The highest BCUT2D eigenvalue weighted by atomic mass is 16.8. The molecule has 1 rings (SSSR count). The van der Waals surface area contributed by atoms with Crippen LogP contribution in [0.4, 0.5) is 4.79 Å². The molecule has 2 amide bonds. The predicted octanol–water partition coefficient (Wildman–Crippen LogP) is 2.26. The Morgan fingerprint density at radius 3 is 2.41 bits per heavy atom. The van der Waals surface area contributed by atoms with Crippen molar-refractivity contribution in [3.8, 4) is 0 Å². The van der Waals surface area contributed by atoms with Crippen molar-refractivity contribution in [3.63, 3.8) is 0 Å². The molecule has 1 aliphatic rings. The van der Waals surface area contributed by atoms with Gasteiger partial charge in [-0.3, -0.25) is 14.4 Å². The Kier molecular flexibility index (Phi) is 6.88. The molecule has 0 spiro atoms. The molecule has 0 aromatic heterocycles. The number of imide groups is 1. The van der Waals surface area contributed by atoms with Crippen LogP contribution < -0.4 is 0 Å². The van der Waals surface area contributed by atoms with E-state index in [1.165, 1.54) is 0 Å². The fourth-order valence-corrected chi connectivity index (χ4v) is 1.56. The van der Waals surface area contributed by atoms with Crippen LogP contribution in [0.15, 0.2) is 35.6 Å². The van der Waals surface area contributed by atoms with Crippen LogP contribution in [0, 0.1) is 0 Å². The van der Waals surface area contributed by atoms with E-state index in [0.717, 1.165) is 5.57 Å². The summed E-state index contributed by atoms with van der Waals surface area (Å²) in [5.74, 6) is -0.445. The van der Waals surface area contributed by atoms with Crippen LogP contribution >= 0.6 is 0 Å². The van der Waals surface area contributed by atoms with Crippen molar-refractivity contribution in [3.05, 3.63) is 35.6 Å². The number of hydroxylamine groups is 2. The summed E-state index contributed by atoms with van der Waals surface area (Å²) < 4.78 is 9.92. The quantitative estimate of drug-likeness (QED) is 0.324. The molecule has 1 heterocycles. The van der Waals surface area contributed by atoms with Gasteiger partial charge in [-0.15, -0.1) is 0 Å². The lowest BCUT2D eigenvalue weighted by Gasteiger charge is -2.12. The van der Waals surface area contributed by atoms with Crippen LogP contribution in [0.1, 0.15) is 26.7 Å². The molecule has 0 aromatic carbocycles. The topological polar surface area (TPSA) is 82.1 Å². The number of nitrogens with zero attached hydrogens (tertiary/aromatic N) is 1. The maximum atomic E-state index is 11.4. The highest BCUT2D eigenvalue weighted by Crippen LogP contribution is 2.12. The molecule has 120 valence electrons. The molecule has 0 bridgehead atoms. The van der Waals surface area contributed by atoms with E-state index in [4.69, 9.17) is 9.47 Å². The van der Waals surface area contributed by atoms with E-state index in [1.54, 1.807) is 32.3 Å². The Balaban J connectivity index is 2.46. The maximum absolute atomic E-state index is 11.4. The Bertz CT molecular complexity index is 516. The molecule has 7 heteroatoms. The predicted molar refractivity (Wildman–Crippen MR) is 77.2 cm³/mol. The van der Waals surface area contributed by atoms with Gasteiger partial charge in [-0.1, -0.05) is 17.2 Å². The summed E-state index contributed by atoms with van der Waals surface area (Å²) in [6, 6.07) is 0. The molecule has 1 fully saturated rings. The second-order valence-corrected chi connectivity index (χ2v) is 4.50. The average Bonchev–Trinajstić information content (AvgIpc) is 2.81. The number of ether oxygens (including phenoxy) is 2. The molecule has 1 aliphatic heterocycles. The van der Waals surface area contributed by atoms with Crippen LogP contribution in [-0.2, 0) is 23.9 Å². The Labute approximate surface area is 128 Å². The van der Waals surface area contributed by atoms with E-state index in [1.807, 2.05) is 13.0 Å². The summed E-state index contributed by atoms with van der Waals surface area (Å²) in [6.07, 6.45) is 6.04. The van der Waals surface area contributed by atoms with Gasteiger partial charge in [-0.25, -0.2) is 4.79 Å². The number of allylic oxidation sites excluding steroid dienone is 4. The van der Waals surface area contributed by atoms with Crippen LogP contribution in [0.3, 0.4) is 0 Å². The van der Waals surface area contributed by atoms with Crippen LogP contribution in [-0.4, -0.2) is 36.7 Å². The fourth-order valence-electron chi connectivity index (χ4n) is 1.56. The number of hydrogen-bond donors (Lipinski definition) is 0. The highest BCUT2D eigenvalue weighted by Gasteiger charge is 2.33. The van der Waals surface area contributed by atoms with Crippen molar-refractivity contribution in [2.24, 2.45) is 0 Å². The van der Waals surface area contributed by atoms with Crippen molar-refractivity contribution in [2.45, 2.75) is 26.7 Å². The number of carbonyl (C=O) groups excluding carboxylic acids is 3. The maximum Gasteiger partial charge on any atom is 0.534 e. The summed E-state index contributed by atoms with van der Waals surface area (Å²) in [7, 11) is 1.55. The first-order chi connectivity index (χ1) is 10.5. The normalized spacial score (nSPS) is 16.4. The van der Waals surface area contributed by atoms with Gasteiger partial charge in [0.1, 0.15) is 12.4 Å². The van der Waals surface area contributed by atoms with Gasteiger partial charge in [0.2, 0.25) is 0 Å². The molecule has 0 radical (unpaired) electrons. The summed E-state index contributed by atoms with van der Waals surface area (Å²) in [5.41, 5.74) is 0.732. The van der Waals surface area contributed by atoms with Crippen LogP contribution in [0.25, 0.3) is 0 Å². The third kappa shape index (κ3) is 5.43. The largest absolute Gasteiger partial charge is 0.534 e. The molecule has 0 aromatic rings. The molecule has 0 N–H and O–H groups in total. The van der Waals surface area contributed by atoms with Gasteiger partial charge in [-0.05, 0) is 31.6 Å². The smallest absolute Gasteiger partial charge is 0.497 e. The second-order valence-electron chi connectivity index (χ2n) is 4.50.